The predicted molar refractivity (Wildman–Crippen MR) is 82.6 cm³/mol. The highest BCUT2D eigenvalue weighted by atomic mass is 16.3. The zero-order valence-electron chi connectivity index (χ0n) is 13.2. The first-order valence-electron chi connectivity index (χ1n) is 7.82. The molecule has 1 saturated heterocycles. The Balaban J connectivity index is 1.79. The molecule has 20 heavy (non-hydrogen) atoms. The summed E-state index contributed by atoms with van der Waals surface area (Å²) in [7, 11) is 4.42. The predicted octanol–water partition coefficient (Wildman–Crippen LogP) is 2.16. The van der Waals surface area contributed by atoms with Gasteiger partial charge < -0.3 is 14.6 Å². The molecule has 0 unspecified atom stereocenters. The lowest BCUT2D eigenvalue weighted by atomic mass is 9.96. The molecule has 0 aromatic carbocycles. The van der Waals surface area contributed by atoms with Crippen LogP contribution in [0.2, 0.25) is 0 Å². The molecule has 4 nitrogen and oxygen atoms in total. The van der Waals surface area contributed by atoms with Gasteiger partial charge in [-0.2, -0.15) is 0 Å². The highest BCUT2D eigenvalue weighted by molar-refractivity contribution is 5.16. The van der Waals surface area contributed by atoms with Crippen LogP contribution in [0.15, 0.2) is 16.7 Å². The molecular formula is C16H29N3O. The molecule has 1 aliphatic rings. The maximum Gasteiger partial charge on any atom is 0.122 e. The fourth-order valence-corrected chi connectivity index (χ4v) is 2.92. The topological polar surface area (TPSA) is 31.7 Å². The van der Waals surface area contributed by atoms with Gasteiger partial charge in [0.15, 0.2) is 0 Å². The third kappa shape index (κ3) is 4.62. The van der Waals surface area contributed by atoms with Crippen LogP contribution in [0.5, 0.6) is 0 Å². The van der Waals surface area contributed by atoms with E-state index in [1.807, 2.05) is 6.26 Å². The van der Waals surface area contributed by atoms with Crippen molar-refractivity contribution in [3.8, 4) is 0 Å². The number of furan rings is 1. The first kappa shape index (κ1) is 15.5. The van der Waals surface area contributed by atoms with E-state index in [1.165, 1.54) is 38.0 Å². The van der Waals surface area contributed by atoms with Gasteiger partial charge in [0.1, 0.15) is 5.76 Å². The first-order valence-corrected chi connectivity index (χ1v) is 7.82. The van der Waals surface area contributed by atoms with Crippen molar-refractivity contribution in [2.24, 2.45) is 5.92 Å². The summed E-state index contributed by atoms with van der Waals surface area (Å²) < 4.78 is 5.65. The van der Waals surface area contributed by atoms with E-state index in [2.05, 4.69) is 42.2 Å². The fourth-order valence-electron chi connectivity index (χ4n) is 2.92. The van der Waals surface area contributed by atoms with E-state index in [0.29, 0.717) is 0 Å². The Morgan fingerprint density at radius 1 is 1.40 bits per heavy atom. The van der Waals surface area contributed by atoms with Crippen molar-refractivity contribution in [2.75, 3.05) is 40.3 Å². The summed E-state index contributed by atoms with van der Waals surface area (Å²) in [5, 5.41) is 3.37. The smallest absolute Gasteiger partial charge is 0.122 e. The molecule has 2 rings (SSSR count). The second kappa shape index (κ2) is 7.81. The lowest BCUT2D eigenvalue weighted by molar-refractivity contribution is 0.168. The van der Waals surface area contributed by atoms with Crippen LogP contribution in [0.25, 0.3) is 0 Å². The minimum Gasteiger partial charge on any atom is -0.468 e. The van der Waals surface area contributed by atoms with Crippen molar-refractivity contribution in [2.45, 2.75) is 32.9 Å². The van der Waals surface area contributed by atoms with Crippen LogP contribution >= 0.6 is 0 Å². The SMILES string of the molecule is CCNCc1ccoc1CN(C)CC1CCN(C)CC1. The van der Waals surface area contributed by atoms with Gasteiger partial charge >= 0.3 is 0 Å². The minimum absolute atomic E-state index is 0.836. The van der Waals surface area contributed by atoms with E-state index in [0.717, 1.165) is 31.3 Å². The fraction of sp³-hybridized carbons (Fsp3) is 0.750. The standard InChI is InChI=1S/C16H29N3O/c1-4-17-11-15-7-10-20-16(15)13-19(3)12-14-5-8-18(2)9-6-14/h7,10,14,17H,4-6,8-9,11-13H2,1-3H3. The number of likely N-dealkylation sites (tertiary alicyclic amines) is 1. The van der Waals surface area contributed by atoms with Gasteiger partial charge in [-0.15, -0.1) is 0 Å². The van der Waals surface area contributed by atoms with Gasteiger partial charge in [0.25, 0.3) is 0 Å². The highest BCUT2D eigenvalue weighted by Crippen LogP contribution is 2.19. The van der Waals surface area contributed by atoms with Crippen molar-refractivity contribution in [3.63, 3.8) is 0 Å². The number of nitrogens with one attached hydrogen (secondary N) is 1. The molecule has 0 amide bonds. The van der Waals surface area contributed by atoms with Crippen molar-refractivity contribution >= 4 is 0 Å². The number of piperidine rings is 1. The van der Waals surface area contributed by atoms with Gasteiger partial charge in [-0.3, -0.25) is 4.90 Å². The van der Waals surface area contributed by atoms with E-state index in [4.69, 9.17) is 4.42 Å². The summed E-state index contributed by atoms with van der Waals surface area (Å²) in [4.78, 5) is 4.84. The molecule has 0 bridgehead atoms. The van der Waals surface area contributed by atoms with Gasteiger partial charge in [0.05, 0.1) is 12.8 Å². The minimum atomic E-state index is 0.836. The number of hydrogen-bond acceptors (Lipinski definition) is 4. The Morgan fingerprint density at radius 2 is 2.15 bits per heavy atom. The summed E-state index contributed by atoms with van der Waals surface area (Å²) in [6.07, 6.45) is 4.46. The summed E-state index contributed by atoms with van der Waals surface area (Å²) >= 11 is 0. The Hall–Kier alpha value is -0.840. The van der Waals surface area contributed by atoms with Crippen LogP contribution < -0.4 is 5.32 Å². The molecular weight excluding hydrogens is 250 g/mol. The Labute approximate surface area is 123 Å². The average Bonchev–Trinajstić information content (AvgIpc) is 2.86. The average molecular weight is 279 g/mol. The molecule has 1 aliphatic heterocycles. The molecule has 0 radical (unpaired) electrons. The van der Waals surface area contributed by atoms with Crippen LogP contribution in [0.4, 0.5) is 0 Å². The molecule has 0 saturated carbocycles. The summed E-state index contributed by atoms with van der Waals surface area (Å²) in [5.74, 6) is 1.95. The Morgan fingerprint density at radius 3 is 2.85 bits per heavy atom. The molecule has 0 aliphatic carbocycles. The lowest BCUT2D eigenvalue weighted by Gasteiger charge is -2.31. The van der Waals surface area contributed by atoms with Crippen LogP contribution in [0, 0.1) is 5.92 Å². The number of nitrogens with zero attached hydrogens (tertiary/aromatic N) is 2. The molecule has 2 heterocycles. The summed E-state index contributed by atoms with van der Waals surface area (Å²) in [5.41, 5.74) is 1.29. The van der Waals surface area contributed by atoms with E-state index in [1.54, 1.807) is 0 Å². The van der Waals surface area contributed by atoms with E-state index < -0.39 is 0 Å². The maximum absolute atomic E-state index is 5.65. The largest absolute Gasteiger partial charge is 0.468 e. The molecule has 1 aromatic rings. The van der Waals surface area contributed by atoms with Crippen molar-refractivity contribution < 1.29 is 4.42 Å². The monoisotopic (exact) mass is 279 g/mol. The van der Waals surface area contributed by atoms with E-state index >= 15 is 0 Å². The normalized spacial score (nSPS) is 18.0. The molecule has 4 heteroatoms. The third-order valence-corrected chi connectivity index (χ3v) is 4.22. The van der Waals surface area contributed by atoms with Gasteiger partial charge in [-0.05, 0) is 58.6 Å². The van der Waals surface area contributed by atoms with Crippen LogP contribution in [0.3, 0.4) is 0 Å². The van der Waals surface area contributed by atoms with Gasteiger partial charge in [-0.1, -0.05) is 6.92 Å². The molecule has 0 spiro atoms. The van der Waals surface area contributed by atoms with Crippen LogP contribution in [0.1, 0.15) is 31.1 Å². The highest BCUT2D eigenvalue weighted by Gasteiger charge is 2.19. The maximum atomic E-state index is 5.65. The van der Waals surface area contributed by atoms with Crippen molar-refractivity contribution in [1.29, 1.82) is 0 Å². The molecule has 0 atom stereocenters. The zero-order valence-corrected chi connectivity index (χ0v) is 13.2. The number of rotatable bonds is 7. The van der Waals surface area contributed by atoms with Crippen LogP contribution in [-0.4, -0.2) is 50.1 Å². The molecule has 1 aromatic heterocycles. The summed E-state index contributed by atoms with van der Waals surface area (Å²) in [6.45, 7) is 8.61. The molecule has 1 N–H and O–H groups in total. The first-order chi connectivity index (χ1) is 9.69. The van der Waals surface area contributed by atoms with Gasteiger partial charge in [-0.25, -0.2) is 0 Å². The Bertz CT molecular complexity index is 383. The van der Waals surface area contributed by atoms with E-state index in [9.17, 15) is 0 Å². The second-order valence-corrected chi connectivity index (χ2v) is 6.09. The number of hydrogen-bond donors (Lipinski definition) is 1. The third-order valence-electron chi connectivity index (χ3n) is 4.22. The van der Waals surface area contributed by atoms with Crippen molar-refractivity contribution in [3.05, 3.63) is 23.7 Å². The van der Waals surface area contributed by atoms with Gasteiger partial charge in [0.2, 0.25) is 0 Å². The Kier molecular flexibility index (Phi) is 6.07. The van der Waals surface area contributed by atoms with E-state index in [-0.39, 0.29) is 0 Å². The molecule has 114 valence electrons. The quantitative estimate of drug-likeness (QED) is 0.829. The van der Waals surface area contributed by atoms with Gasteiger partial charge in [0, 0.05) is 18.7 Å². The molecule has 1 fully saturated rings. The zero-order chi connectivity index (χ0) is 14.4. The summed E-state index contributed by atoms with van der Waals surface area (Å²) in [6, 6.07) is 2.08. The lowest BCUT2D eigenvalue weighted by Crippen LogP contribution is -2.35. The van der Waals surface area contributed by atoms with Crippen molar-refractivity contribution in [1.82, 2.24) is 15.1 Å². The second-order valence-electron chi connectivity index (χ2n) is 6.09. The van der Waals surface area contributed by atoms with Crippen LogP contribution in [-0.2, 0) is 13.1 Å².